The number of imidazole rings is 1. The lowest BCUT2D eigenvalue weighted by Crippen LogP contribution is -2.46. The summed E-state index contributed by atoms with van der Waals surface area (Å²) in [6, 6.07) is 5.72. The number of esters is 1. The van der Waals surface area contributed by atoms with E-state index in [0.29, 0.717) is 44.1 Å². The van der Waals surface area contributed by atoms with Gasteiger partial charge in [-0.1, -0.05) is 20.8 Å². The van der Waals surface area contributed by atoms with Crippen molar-refractivity contribution in [3.8, 4) is 0 Å². The molecule has 0 radical (unpaired) electrons. The van der Waals surface area contributed by atoms with Crippen molar-refractivity contribution in [2.75, 3.05) is 44.3 Å². The van der Waals surface area contributed by atoms with Gasteiger partial charge in [-0.05, 0) is 56.7 Å². The number of fused-ring (bicyclic) bond motifs is 1. The number of hydrogen-bond donors (Lipinski definition) is 0. The van der Waals surface area contributed by atoms with Gasteiger partial charge in [0.1, 0.15) is 5.82 Å². The molecule has 2 fully saturated rings. The maximum atomic E-state index is 13.4. The first-order valence-corrected chi connectivity index (χ1v) is 14.4. The number of carbonyl (C=O) groups excluding carboxylic acids is 1. The van der Waals surface area contributed by atoms with E-state index in [1.807, 2.05) is 18.2 Å². The van der Waals surface area contributed by atoms with Gasteiger partial charge in [0.05, 0.1) is 29.2 Å². The van der Waals surface area contributed by atoms with Gasteiger partial charge in [0, 0.05) is 45.3 Å². The zero-order valence-electron chi connectivity index (χ0n) is 22.2. The summed E-state index contributed by atoms with van der Waals surface area (Å²) in [5.41, 5.74) is 2.25. The Balaban J connectivity index is 1.57. The highest BCUT2D eigenvalue weighted by molar-refractivity contribution is 7.90. The van der Waals surface area contributed by atoms with E-state index in [9.17, 15) is 13.2 Å². The molecule has 9 nitrogen and oxygen atoms in total. The number of benzene rings is 1. The average molecular weight is 521 g/mol. The Kier molecular flexibility index (Phi) is 7.97. The molecular weight excluding hydrogens is 480 g/mol. The second-order valence-electron chi connectivity index (χ2n) is 10.9. The third kappa shape index (κ3) is 5.55. The van der Waals surface area contributed by atoms with E-state index in [-0.39, 0.29) is 17.3 Å². The van der Waals surface area contributed by atoms with Crippen molar-refractivity contribution >= 4 is 32.9 Å². The zero-order valence-corrected chi connectivity index (χ0v) is 23.0. The van der Waals surface area contributed by atoms with Crippen molar-refractivity contribution in [3.05, 3.63) is 24.0 Å². The van der Waals surface area contributed by atoms with Gasteiger partial charge in [-0.25, -0.2) is 4.98 Å². The minimum absolute atomic E-state index is 0.147. The predicted octanol–water partition coefficient (Wildman–Crippen LogP) is 3.72. The van der Waals surface area contributed by atoms with Crippen molar-refractivity contribution in [1.82, 2.24) is 13.9 Å². The highest BCUT2D eigenvalue weighted by Gasteiger charge is 2.34. The van der Waals surface area contributed by atoms with E-state index in [4.69, 9.17) is 14.5 Å². The van der Waals surface area contributed by atoms with E-state index in [1.54, 1.807) is 14.0 Å². The van der Waals surface area contributed by atoms with Gasteiger partial charge in [0.2, 0.25) is 0 Å². The summed E-state index contributed by atoms with van der Waals surface area (Å²) in [5.74, 6) is 1.07. The summed E-state index contributed by atoms with van der Waals surface area (Å²) in [6.45, 7) is 11.7. The second-order valence-corrected chi connectivity index (χ2v) is 12.9. The van der Waals surface area contributed by atoms with Crippen LogP contribution in [-0.2, 0) is 36.4 Å². The molecular formula is C26H40N4O5S. The van der Waals surface area contributed by atoms with E-state index in [0.717, 1.165) is 49.5 Å². The Labute approximate surface area is 214 Å². The van der Waals surface area contributed by atoms with Crippen LogP contribution in [0.3, 0.4) is 0 Å². The standard InChI is InChI=1S/C26H40N4O5S/c1-6-35-24(31)20-9-13-29(14-10-20)36(32,33)28(5)21-7-8-23-22(17-21)27-25(26(2,3)4)30(23)18-19-11-15-34-16-12-19/h7-8,17,19-20H,6,9-16,18H2,1-5H3. The van der Waals surface area contributed by atoms with Crippen LogP contribution in [0.15, 0.2) is 18.2 Å². The van der Waals surface area contributed by atoms with Crippen LogP contribution in [0.5, 0.6) is 0 Å². The lowest BCUT2D eigenvalue weighted by molar-refractivity contribution is -0.149. The molecule has 0 spiro atoms. The van der Waals surface area contributed by atoms with Gasteiger partial charge in [0.25, 0.3) is 0 Å². The Bertz CT molecular complexity index is 1170. The Morgan fingerprint density at radius 2 is 1.83 bits per heavy atom. The number of aromatic nitrogens is 2. The topological polar surface area (TPSA) is 94.0 Å². The fourth-order valence-corrected chi connectivity index (χ4v) is 6.55. The number of nitrogens with zero attached hydrogens (tertiary/aromatic N) is 4. The molecule has 2 aliphatic rings. The summed E-state index contributed by atoms with van der Waals surface area (Å²) in [6.07, 6.45) is 3.01. The number of piperidine rings is 1. The first-order chi connectivity index (χ1) is 17.0. The largest absolute Gasteiger partial charge is 0.466 e. The molecule has 0 aliphatic carbocycles. The van der Waals surface area contributed by atoms with Gasteiger partial charge in [-0.3, -0.25) is 9.10 Å². The lowest BCUT2D eigenvalue weighted by Gasteiger charge is -2.33. The molecule has 3 heterocycles. The van der Waals surface area contributed by atoms with Crippen molar-refractivity contribution in [1.29, 1.82) is 0 Å². The van der Waals surface area contributed by atoms with Gasteiger partial charge < -0.3 is 14.0 Å². The molecule has 1 aromatic heterocycles. The van der Waals surface area contributed by atoms with Crippen LogP contribution >= 0.6 is 0 Å². The predicted molar refractivity (Wildman–Crippen MR) is 140 cm³/mol. The summed E-state index contributed by atoms with van der Waals surface area (Å²) < 4.78 is 42.6. The molecule has 2 aliphatic heterocycles. The maximum Gasteiger partial charge on any atom is 0.309 e. The molecule has 0 N–H and O–H groups in total. The van der Waals surface area contributed by atoms with E-state index < -0.39 is 10.2 Å². The number of carbonyl (C=O) groups is 1. The molecule has 10 heteroatoms. The highest BCUT2D eigenvalue weighted by Crippen LogP contribution is 2.32. The van der Waals surface area contributed by atoms with Crippen molar-refractivity contribution in [3.63, 3.8) is 0 Å². The van der Waals surface area contributed by atoms with Crippen LogP contribution in [0.4, 0.5) is 5.69 Å². The van der Waals surface area contributed by atoms with Crippen molar-refractivity contribution in [2.45, 2.75) is 65.3 Å². The summed E-state index contributed by atoms with van der Waals surface area (Å²) >= 11 is 0. The Morgan fingerprint density at radius 3 is 2.44 bits per heavy atom. The van der Waals surface area contributed by atoms with E-state index in [1.165, 1.54) is 8.61 Å². The third-order valence-corrected chi connectivity index (χ3v) is 9.21. The van der Waals surface area contributed by atoms with Gasteiger partial charge in [-0.2, -0.15) is 12.7 Å². The molecule has 0 amide bonds. The number of anilines is 1. The summed E-state index contributed by atoms with van der Waals surface area (Å²) in [4.78, 5) is 17.0. The van der Waals surface area contributed by atoms with Crippen LogP contribution in [-0.4, -0.2) is 68.2 Å². The monoisotopic (exact) mass is 520 g/mol. The molecule has 0 saturated carbocycles. The quantitative estimate of drug-likeness (QED) is 0.517. The number of hydrogen-bond acceptors (Lipinski definition) is 6. The van der Waals surface area contributed by atoms with Gasteiger partial charge >= 0.3 is 16.2 Å². The maximum absolute atomic E-state index is 13.4. The van der Waals surface area contributed by atoms with Crippen molar-refractivity contribution < 1.29 is 22.7 Å². The lowest BCUT2D eigenvalue weighted by atomic mass is 9.94. The SMILES string of the molecule is CCOC(=O)C1CCN(S(=O)(=O)N(C)c2ccc3c(c2)nc(C(C)(C)C)n3CC2CCOCC2)CC1. The normalized spacial score (nSPS) is 19.0. The third-order valence-electron chi connectivity index (χ3n) is 7.29. The second kappa shape index (κ2) is 10.7. The smallest absolute Gasteiger partial charge is 0.309 e. The minimum atomic E-state index is -3.73. The molecule has 36 heavy (non-hydrogen) atoms. The molecule has 1 aromatic carbocycles. The minimum Gasteiger partial charge on any atom is -0.466 e. The molecule has 0 bridgehead atoms. The Hall–Kier alpha value is -2.17. The first kappa shape index (κ1) is 26.9. The van der Waals surface area contributed by atoms with E-state index in [2.05, 4.69) is 25.3 Å². The van der Waals surface area contributed by atoms with Gasteiger partial charge in [-0.15, -0.1) is 0 Å². The van der Waals surface area contributed by atoms with Crippen molar-refractivity contribution in [2.24, 2.45) is 11.8 Å². The summed E-state index contributed by atoms with van der Waals surface area (Å²) in [5, 5.41) is 0. The molecule has 2 saturated heterocycles. The number of ether oxygens (including phenoxy) is 2. The fourth-order valence-electron chi connectivity index (χ4n) is 5.15. The van der Waals surface area contributed by atoms with Crippen LogP contribution in [0.1, 0.15) is 59.2 Å². The molecule has 0 unspecified atom stereocenters. The van der Waals surface area contributed by atoms with E-state index >= 15 is 0 Å². The summed E-state index contributed by atoms with van der Waals surface area (Å²) in [7, 11) is -2.15. The van der Waals surface area contributed by atoms with Crippen LogP contribution in [0.2, 0.25) is 0 Å². The molecule has 4 rings (SSSR count). The highest BCUT2D eigenvalue weighted by atomic mass is 32.2. The molecule has 0 atom stereocenters. The van der Waals surface area contributed by atoms with Gasteiger partial charge in [0.15, 0.2) is 0 Å². The Morgan fingerprint density at radius 1 is 1.17 bits per heavy atom. The van der Waals surface area contributed by atoms with Crippen LogP contribution in [0, 0.1) is 11.8 Å². The molecule has 200 valence electrons. The fraction of sp³-hybridized carbons (Fsp3) is 0.692. The van der Waals surface area contributed by atoms with Crippen LogP contribution in [0.25, 0.3) is 11.0 Å². The average Bonchev–Trinajstić information content (AvgIpc) is 3.22. The number of rotatable bonds is 7. The van der Waals surface area contributed by atoms with Crippen LogP contribution < -0.4 is 4.31 Å². The first-order valence-electron chi connectivity index (χ1n) is 13.0. The molecule has 2 aromatic rings. The zero-order chi connectivity index (χ0) is 26.1.